The molecule has 2 amide bonds. The molecule has 3 aromatic carbocycles. The summed E-state index contributed by atoms with van der Waals surface area (Å²) in [6, 6.07) is 15.3. The van der Waals surface area contributed by atoms with Crippen molar-refractivity contribution in [2.45, 2.75) is 37.6 Å². The first-order valence-corrected chi connectivity index (χ1v) is 15.1. The van der Waals surface area contributed by atoms with E-state index in [0.717, 1.165) is 49.2 Å². The van der Waals surface area contributed by atoms with Gasteiger partial charge in [0.2, 0.25) is 5.91 Å². The molecule has 2 heterocycles. The van der Waals surface area contributed by atoms with E-state index in [1.54, 1.807) is 18.1 Å². The number of benzene rings is 3. The van der Waals surface area contributed by atoms with Crippen LogP contribution in [0.15, 0.2) is 54.6 Å². The summed E-state index contributed by atoms with van der Waals surface area (Å²) in [5.41, 5.74) is 2.98. The second-order valence-corrected chi connectivity index (χ2v) is 11.6. The fourth-order valence-electron chi connectivity index (χ4n) is 6.34. The molecule has 3 aromatic rings. The van der Waals surface area contributed by atoms with Gasteiger partial charge in [-0.15, -0.1) is 0 Å². The van der Waals surface area contributed by atoms with Crippen LogP contribution >= 0.6 is 0 Å². The summed E-state index contributed by atoms with van der Waals surface area (Å²) >= 11 is 0. The SMILES string of the molecule is COCCCN1C(=O)COc2ccc(N(C(=O)[C@H]3CNCC[C@@H]3c3cccc(-c4cc(F)c(OC)cc4F)c3)C3CC3)cc21. The maximum absolute atomic E-state index is 15.0. The average Bonchev–Trinajstić information content (AvgIpc) is 3.88. The first-order chi connectivity index (χ1) is 21.4. The summed E-state index contributed by atoms with van der Waals surface area (Å²) in [5.74, 6) is -1.37. The van der Waals surface area contributed by atoms with Crippen LogP contribution in [0.4, 0.5) is 20.2 Å². The van der Waals surface area contributed by atoms with E-state index >= 15 is 0 Å². The van der Waals surface area contributed by atoms with Crippen molar-refractivity contribution in [3.05, 3.63) is 71.8 Å². The Morgan fingerprint density at radius 1 is 1.07 bits per heavy atom. The van der Waals surface area contributed by atoms with Gasteiger partial charge in [-0.2, -0.15) is 0 Å². The number of amides is 2. The largest absolute Gasteiger partial charge is 0.494 e. The fourth-order valence-corrected chi connectivity index (χ4v) is 6.34. The number of fused-ring (bicyclic) bond motifs is 1. The zero-order valence-corrected chi connectivity index (χ0v) is 25.0. The lowest BCUT2D eigenvalue weighted by atomic mass is 9.79. The summed E-state index contributed by atoms with van der Waals surface area (Å²) < 4.78 is 45.3. The maximum Gasteiger partial charge on any atom is 0.265 e. The molecule has 2 fully saturated rings. The molecule has 8 nitrogen and oxygen atoms in total. The molecular weight excluding hydrogens is 568 g/mol. The fraction of sp³-hybridized carbons (Fsp3) is 0.412. The number of halogens is 2. The highest BCUT2D eigenvalue weighted by molar-refractivity contribution is 6.01. The second kappa shape index (κ2) is 12.9. The zero-order valence-electron chi connectivity index (χ0n) is 25.0. The number of nitrogens with zero attached hydrogens (tertiary/aromatic N) is 2. The van der Waals surface area contributed by atoms with Crippen LogP contribution in [0.3, 0.4) is 0 Å². The molecule has 0 radical (unpaired) electrons. The normalized spacial score (nSPS) is 19.7. The van der Waals surface area contributed by atoms with Gasteiger partial charge in [0.1, 0.15) is 11.6 Å². The standard InChI is InChI=1S/C34H37F2N3O5/c1-42-14-4-13-38-30-16-24(9-10-31(30)44-20-33(38)40)39(23-7-8-23)34(41)27-19-37-12-11-25(27)21-5-3-6-22(15-21)26-17-29(36)32(43-2)18-28(26)35/h3,5-6,9-10,15-18,23,25,27,37H,4,7-8,11-14,19-20H2,1-2H3/t25-,27+/m1/s1. The number of piperidine rings is 1. The van der Waals surface area contributed by atoms with E-state index in [-0.39, 0.29) is 47.6 Å². The van der Waals surface area contributed by atoms with E-state index in [1.807, 2.05) is 41.3 Å². The van der Waals surface area contributed by atoms with Gasteiger partial charge in [0, 0.05) is 50.2 Å². The lowest BCUT2D eigenvalue weighted by Crippen LogP contribution is -2.47. The Balaban J connectivity index is 1.30. The molecule has 0 unspecified atom stereocenters. The summed E-state index contributed by atoms with van der Waals surface area (Å²) in [6.07, 6.45) is 3.20. The molecule has 1 saturated heterocycles. The molecule has 10 heteroatoms. The summed E-state index contributed by atoms with van der Waals surface area (Å²) in [4.78, 5) is 30.8. The molecule has 0 bridgehead atoms. The first-order valence-electron chi connectivity index (χ1n) is 15.1. The highest BCUT2D eigenvalue weighted by Gasteiger charge is 2.41. The lowest BCUT2D eigenvalue weighted by molar-refractivity contribution is -0.123. The smallest absolute Gasteiger partial charge is 0.265 e. The minimum absolute atomic E-state index is 0.00529. The molecule has 1 N–H and O–H groups in total. The second-order valence-electron chi connectivity index (χ2n) is 11.6. The molecule has 2 atom stereocenters. The van der Waals surface area contributed by atoms with E-state index in [4.69, 9.17) is 14.2 Å². The van der Waals surface area contributed by atoms with Crippen LogP contribution in [0.5, 0.6) is 11.5 Å². The van der Waals surface area contributed by atoms with Gasteiger partial charge in [-0.3, -0.25) is 9.59 Å². The summed E-state index contributed by atoms with van der Waals surface area (Å²) in [5, 5.41) is 3.39. The van der Waals surface area contributed by atoms with Crippen LogP contribution < -0.4 is 24.6 Å². The van der Waals surface area contributed by atoms with Crippen LogP contribution in [-0.2, 0) is 14.3 Å². The molecule has 44 heavy (non-hydrogen) atoms. The molecular formula is C34H37F2N3O5. The Morgan fingerprint density at radius 2 is 1.91 bits per heavy atom. The molecule has 6 rings (SSSR count). The Hall–Kier alpha value is -4.02. The number of nitrogens with one attached hydrogen (secondary N) is 1. The Bertz CT molecular complexity index is 1550. The number of carbonyl (C=O) groups excluding carboxylic acids is 2. The van der Waals surface area contributed by atoms with Gasteiger partial charge in [-0.05, 0) is 73.5 Å². The monoisotopic (exact) mass is 605 g/mol. The number of ether oxygens (including phenoxy) is 3. The minimum Gasteiger partial charge on any atom is -0.494 e. The van der Waals surface area contributed by atoms with Crippen molar-refractivity contribution in [1.82, 2.24) is 5.32 Å². The van der Waals surface area contributed by atoms with Crippen molar-refractivity contribution in [2.24, 2.45) is 5.92 Å². The topological polar surface area (TPSA) is 80.3 Å². The summed E-state index contributed by atoms with van der Waals surface area (Å²) in [6.45, 7) is 2.24. The molecule has 0 aromatic heterocycles. The third-order valence-corrected chi connectivity index (χ3v) is 8.71. The van der Waals surface area contributed by atoms with Crippen molar-refractivity contribution < 1.29 is 32.6 Å². The van der Waals surface area contributed by atoms with E-state index in [0.29, 0.717) is 43.1 Å². The van der Waals surface area contributed by atoms with E-state index in [1.165, 1.54) is 7.11 Å². The molecule has 232 valence electrons. The number of hydrogen-bond acceptors (Lipinski definition) is 6. The number of hydrogen-bond donors (Lipinski definition) is 1. The minimum atomic E-state index is -0.640. The molecule has 0 spiro atoms. The Morgan fingerprint density at radius 3 is 2.68 bits per heavy atom. The van der Waals surface area contributed by atoms with Crippen molar-refractivity contribution >= 4 is 23.2 Å². The van der Waals surface area contributed by atoms with Crippen molar-refractivity contribution in [3.63, 3.8) is 0 Å². The molecule has 1 saturated carbocycles. The first kappa shape index (κ1) is 30.0. The maximum atomic E-state index is 15.0. The van der Waals surface area contributed by atoms with Gasteiger partial charge >= 0.3 is 0 Å². The Labute approximate surface area is 255 Å². The van der Waals surface area contributed by atoms with Gasteiger partial charge in [0.15, 0.2) is 18.2 Å². The molecule has 3 aliphatic rings. The molecule has 2 aliphatic heterocycles. The van der Waals surface area contributed by atoms with Crippen LogP contribution in [0.1, 0.15) is 37.2 Å². The predicted octanol–water partition coefficient (Wildman–Crippen LogP) is 5.29. The van der Waals surface area contributed by atoms with E-state index < -0.39 is 11.6 Å². The number of methoxy groups -OCH3 is 2. The van der Waals surface area contributed by atoms with Crippen molar-refractivity contribution in [3.8, 4) is 22.6 Å². The van der Waals surface area contributed by atoms with E-state index in [9.17, 15) is 18.4 Å². The number of carbonyl (C=O) groups is 2. The summed E-state index contributed by atoms with van der Waals surface area (Å²) in [7, 11) is 2.93. The number of rotatable bonds is 10. The van der Waals surface area contributed by atoms with Gasteiger partial charge in [0.05, 0.1) is 18.7 Å². The Kier molecular flexibility index (Phi) is 8.81. The predicted molar refractivity (Wildman–Crippen MR) is 163 cm³/mol. The van der Waals surface area contributed by atoms with Crippen LogP contribution in [0, 0.1) is 17.6 Å². The lowest BCUT2D eigenvalue weighted by Gasteiger charge is -2.36. The van der Waals surface area contributed by atoms with Gasteiger partial charge in [-0.25, -0.2) is 8.78 Å². The van der Waals surface area contributed by atoms with Gasteiger partial charge in [0.25, 0.3) is 5.91 Å². The molecule has 1 aliphatic carbocycles. The van der Waals surface area contributed by atoms with Crippen molar-refractivity contribution in [2.75, 3.05) is 56.9 Å². The third-order valence-electron chi connectivity index (χ3n) is 8.71. The quantitative estimate of drug-likeness (QED) is 0.317. The zero-order chi connectivity index (χ0) is 30.8. The number of anilines is 2. The average molecular weight is 606 g/mol. The van der Waals surface area contributed by atoms with Crippen LogP contribution in [0.2, 0.25) is 0 Å². The van der Waals surface area contributed by atoms with Crippen LogP contribution in [0.25, 0.3) is 11.1 Å². The van der Waals surface area contributed by atoms with E-state index in [2.05, 4.69) is 5.32 Å². The van der Waals surface area contributed by atoms with Crippen molar-refractivity contribution in [1.29, 1.82) is 0 Å². The highest BCUT2D eigenvalue weighted by atomic mass is 19.1. The van der Waals surface area contributed by atoms with Crippen LogP contribution in [-0.4, -0.2) is 64.9 Å². The highest BCUT2D eigenvalue weighted by Crippen LogP contribution is 2.42. The van der Waals surface area contributed by atoms with Gasteiger partial charge in [-0.1, -0.05) is 24.3 Å². The third kappa shape index (κ3) is 6.01. The van der Waals surface area contributed by atoms with Gasteiger partial charge < -0.3 is 29.3 Å².